The number of ether oxygens (including phenoxy) is 3. The van der Waals surface area contributed by atoms with Gasteiger partial charge in [-0.05, 0) is 30.9 Å². The molecule has 1 aliphatic rings. The number of hydrogen-bond donors (Lipinski definition) is 0. The molecule has 1 fully saturated rings. The molecule has 3 atom stereocenters. The van der Waals surface area contributed by atoms with E-state index in [1.54, 1.807) is 26.2 Å². The van der Waals surface area contributed by atoms with Crippen molar-refractivity contribution < 1.29 is 23.8 Å². The summed E-state index contributed by atoms with van der Waals surface area (Å²) in [5.74, 6) is 0.893. The maximum Gasteiger partial charge on any atom is 0.310 e. The molecule has 0 saturated heterocycles. The van der Waals surface area contributed by atoms with Crippen LogP contribution in [0.2, 0.25) is 0 Å². The number of rotatable bonds is 8. The number of esters is 1. The molecular weight excluding hydrogens is 346 g/mol. The minimum atomic E-state index is -0.370. The molecular formula is C21H31NO5. The Morgan fingerprint density at radius 1 is 1.19 bits per heavy atom. The summed E-state index contributed by atoms with van der Waals surface area (Å²) >= 11 is 0. The van der Waals surface area contributed by atoms with E-state index >= 15 is 0 Å². The quantitative estimate of drug-likeness (QED) is 0.651. The van der Waals surface area contributed by atoms with Gasteiger partial charge in [0.05, 0.1) is 20.1 Å². The lowest BCUT2D eigenvalue weighted by Crippen LogP contribution is -2.49. The Kier molecular flexibility index (Phi) is 7.95. The largest absolute Gasteiger partial charge is 0.497 e. The standard InChI is InChI=1S/C21H31NO5/c1-15-8-5-6-11-19(15)22(13-16(2)21(24)26-4)20(23)14-27-18-10-7-9-17(12-18)25-3/h7,9-10,12,15-16,19H,5-6,8,11,13-14H2,1-4H3. The summed E-state index contributed by atoms with van der Waals surface area (Å²) in [4.78, 5) is 26.7. The molecule has 0 radical (unpaired) electrons. The molecule has 1 saturated carbocycles. The van der Waals surface area contributed by atoms with Gasteiger partial charge in [-0.25, -0.2) is 0 Å². The normalized spacial score (nSPS) is 20.4. The summed E-state index contributed by atoms with van der Waals surface area (Å²) < 4.78 is 15.7. The average molecular weight is 377 g/mol. The first kappa shape index (κ1) is 21.1. The van der Waals surface area contributed by atoms with Crippen LogP contribution in [0.4, 0.5) is 0 Å². The third-order valence-corrected chi connectivity index (χ3v) is 5.26. The number of amides is 1. The zero-order valence-electron chi connectivity index (χ0n) is 16.8. The van der Waals surface area contributed by atoms with Gasteiger partial charge in [0.15, 0.2) is 6.61 Å². The second kappa shape index (κ2) is 10.2. The summed E-state index contributed by atoms with van der Waals surface area (Å²) in [5, 5.41) is 0. The number of nitrogens with zero attached hydrogens (tertiary/aromatic N) is 1. The predicted molar refractivity (Wildman–Crippen MR) is 103 cm³/mol. The van der Waals surface area contributed by atoms with Crippen molar-refractivity contribution in [2.75, 3.05) is 27.4 Å². The Bertz CT molecular complexity index is 633. The van der Waals surface area contributed by atoms with Crippen molar-refractivity contribution in [3.63, 3.8) is 0 Å². The first-order chi connectivity index (χ1) is 13.0. The topological polar surface area (TPSA) is 65.1 Å². The third-order valence-electron chi connectivity index (χ3n) is 5.26. The lowest BCUT2D eigenvalue weighted by molar-refractivity contribution is -0.148. The Balaban J connectivity index is 2.08. The zero-order chi connectivity index (χ0) is 19.8. The van der Waals surface area contributed by atoms with Crippen molar-refractivity contribution in [3.05, 3.63) is 24.3 Å². The summed E-state index contributed by atoms with van der Waals surface area (Å²) in [6.45, 7) is 4.25. The van der Waals surface area contributed by atoms with Crippen LogP contribution in [0.3, 0.4) is 0 Å². The van der Waals surface area contributed by atoms with Crippen molar-refractivity contribution in [1.82, 2.24) is 4.90 Å². The van der Waals surface area contributed by atoms with Crippen LogP contribution in [0.1, 0.15) is 39.5 Å². The van der Waals surface area contributed by atoms with Gasteiger partial charge < -0.3 is 19.1 Å². The lowest BCUT2D eigenvalue weighted by atomic mass is 9.84. The molecule has 0 spiro atoms. The van der Waals surface area contributed by atoms with Gasteiger partial charge in [-0.2, -0.15) is 0 Å². The molecule has 0 N–H and O–H groups in total. The van der Waals surface area contributed by atoms with Gasteiger partial charge in [-0.1, -0.05) is 32.8 Å². The number of carbonyl (C=O) groups is 2. The van der Waals surface area contributed by atoms with Crippen molar-refractivity contribution in [2.45, 2.75) is 45.6 Å². The van der Waals surface area contributed by atoms with Crippen molar-refractivity contribution in [1.29, 1.82) is 0 Å². The maximum atomic E-state index is 13.0. The van der Waals surface area contributed by atoms with Gasteiger partial charge in [-0.15, -0.1) is 0 Å². The van der Waals surface area contributed by atoms with E-state index in [1.807, 2.05) is 17.0 Å². The van der Waals surface area contributed by atoms with E-state index < -0.39 is 0 Å². The van der Waals surface area contributed by atoms with Gasteiger partial charge in [-0.3, -0.25) is 9.59 Å². The Morgan fingerprint density at radius 3 is 2.56 bits per heavy atom. The number of benzene rings is 1. The van der Waals surface area contributed by atoms with E-state index in [1.165, 1.54) is 13.5 Å². The molecule has 1 aromatic rings. The zero-order valence-corrected chi connectivity index (χ0v) is 16.8. The minimum Gasteiger partial charge on any atom is -0.497 e. The summed E-state index contributed by atoms with van der Waals surface area (Å²) in [6.07, 6.45) is 4.34. The van der Waals surface area contributed by atoms with Gasteiger partial charge in [0.1, 0.15) is 11.5 Å². The molecule has 0 aliphatic heterocycles. The fraction of sp³-hybridized carbons (Fsp3) is 0.619. The van der Waals surface area contributed by atoms with Crippen LogP contribution in [0.25, 0.3) is 0 Å². The van der Waals surface area contributed by atoms with Crippen LogP contribution in [0, 0.1) is 11.8 Å². The SMILES string of the molecule is COC(=O)C(C)CN(C(=O)COc1cccc(OC)c1)C1CCCCC1C. The van der Waals surface area contributed by atoms with Gasteiger partial charge >= 0.3 is 5.97 Å². The first-order valence-corrected chi connectivity index (χ1v) is 9.60. The first-order valence-electron chi connectivity index (χ1n) is 9.60. The molecule has 2 rings (SSSR count). The molecule has 0 bridgehead atoms. The van der Waals surface area contributed by atoms with Crippen LogP contribution in [-0.4, -0.2) is 50.2 Å². The number of carbonyl (C=O) groups excluding carboxylic acids is 2. The van der Waals surface area contributed by atoms with Crippen LogP contribution in [0.15, 0.2) is 24.3 Å². The fourth-order valence-corrected chi connectivity index (χ4v) is 3.67. The predicted octanol–water partition coefficient (Wildman–Crippen LogP) is 3.29. The van der Waals surface area contributed by atoms with E-state index in [0.29, 0.717) is 24.0 Å². The average Bonchev–Trinajstić information content (AvgIpc) is 2.70. The minimum absolute atomic E-state index is 0.0652. The Hall–Kier alpha value is -2.24. The fourth-order valence-electron chi connectivity index (χ4n) is 3.67. The van der Waals surface area contributed by atoms with Gasteiger partial charge in [0.25, 0.3) is 5.91 Å². The molecule has 6 nitrogen and oxygen atoms in total. The highest BCUT2D eigenvalue weighted by Crippen LogP contribution is 2.29. The highest BCUT2D eigenvalue weighted by atomic mass is 16.5. The second-order valence-electron chi connectivity index (χ2n) is 7.27. The Labute approximate surface area is 161 Å². The highest BCUT2D eigenvalue weighted by molar-refractivity contribution is 5.79. The molecule has 150 valence electrons. The molecule has 1 aliphatic carbocycles. The lowest BCUT2D eigenvalue weighted by Gasteiger charge is -2.39. The molecule has 1 aromatic carbocycles. The maximum absolute atomic E-state index is 13.0. The Morgan fingerprint density at radius 2 is 1.89 bits per heavy atom. The van der Waals surface area contributed by atoms with Crippen molar-refractivity contribution in [3.8, 4) is 11.5 Å². The smallest absolute Gasteiger partial charge is 0.310 e. The van der Waals surface area contributed by atoms with E-state index in [2.05, 4.69) is 6.92 Å². The summed E-state index contributed by atoms with van der Waals surface area (Å²) in [5.41, 5.74) is 0. The molecule has 27 heavy (non-hydrogen) atoms. The third kappa shape index (κ3) is 5.88. The van der Waals surface area contributed by atoms with Crippen LogP contribution in [-0.2, 0) is 14.3 Å². The second-order valence-corrected chi connectivity index (χ2v) is 7.27. The van der Waals surface area contributed by atoms with E-state index in [0.717, 1.165) is 19.3 Å². The van der Waals surface area contributed by atoms with E-state index in [4.69, 9.17) is 14.2 Å². The molecule has 0 aromatic heterocycles. The summed E-state index contributed by atoms with van der Waals surface area (Å²) in [6, 6.07) is 7.31. The van der Waals surface area contributed by atoms with E-state index in [-0.39, 0.29) is 30.4 Å². The van der Waals surface area contributed by atoms with Crippen LogP contribution in [0.5, 0.6) is 11.5 Å². The highest BCUT2D eigenvalue weighted by Gasteiger charge is 2.32. The number of methoxy groups -OCH3 is 2. The molecule has 0 heterocycles. The van der Waals surface area contributed by atoms with Crippen LogP contribution < -0.4 is 9.47 Å². The molecule has 3 unspecified atom stereocenters. The monoisotopic (exact) mass is 377 g/mol. The van der Waals surface area contributed by atoms with Gasteiger partial charge in [0.2, 0.25) is 0 Å². The molecule has 1 amide bonds. The summed E-state index contributed by atoms with van der Waals surface area (Å²) in [7, 11) is 2.96. The van der Waals surface area contributed by atoms with E-state index in [9.17, 15) is 9.59 Å². The van der Waals surface area contributed by atoms with Crippen molar-refractivity contribution >= 4 is 11.9 Å². The van der Waals surface area contributed by atoms with Gasteiger partial charge in [0, 0.05) is 18.7 Å². The van der Waals surface area contributed by atoms with Crippen LogP contribution >= 0.6 is 0 Å². The van der Waals surface area contributed by atoms with Crippen molar-refractivity contribution in [2.24, 2.45) is 11.8 Å². The molecule has 6 heteroatoms. The number of hydrogen-bond acceptors (Lipinski definition) is 5.